The van der Waals surface area contributed by atoms with Gasteiger partial charge in [0.1, 0.15) is 6.61 Å². The van der Waals surface area contributed by atoms with Gasteiger partial charge in [-0.1, -0.05) is 6.07 Å². The van der Waals surface area contributed by atoms with Crippen molar-refractivity contribution in [3.05, 3.63) is 29.8 Å². The van der Waals surface area contributed by atoms with Crippen LogP contribution in [0.5, 0.6) is 0 Å². The quantitative estimate of drug-likeness (QED) is 0.909. The van der Waals surface area contributed by atoms with Crippen molar-refractivity contribution in [1.82, 2.24) is 5.32 Å². The largest absolute Gasteiger partial charge is 0.446 e. The smallest absolute Gasteiger partial charge is 0.416 e. The summed E-state index contributed by atoms with van der Waals surface area (Å²) in [5.41, 5.74) is -0.784. The summed E-state index contributed by atoms with van der Waals surface area (Å²) in [6.07, 6.45) is -6.69. The van der Waals surface area contributed by atoms with Crippen LogP contribution in [-0.4, -0.2) is 37.5 Å². The topological polar surface area (TPSA) is 67.9 Å². The van der Waals surface area contributed by atoms with E-state index >= 15 is 0 Å². The summed E-state index contributed by atoms with van der Waals surface area (Å²) in [5.74, 6) is 0. The van der Waals surface area contributed by atoms with E-state index in [9.17, 15) is 22.8 Å². The van der Waals surface area contributed by atoms with Gasteiger partial charge in [-0.05, 0) is 32.0 Å². The Kier molecular flexibility index (Phi) is 5.20. The van der Waals surface area contributed by atoms with Crippen LogP contribution in [0.4, 0.5) is 28.4 Å². The Hall–Kier alpha value is -2.45. The van der Waals surface area contributed by atoms with Crippen LogP contribution in [0.1, 0.15) is 19.4 Å². The zero-order valence-electron chi connectivity index (χ0n) is 13.1. The lowest BCUT2D eigenvalue weighted by Crippen LogP contribution is -2.33. The number of nitrogens with zero attached hydrogens (tertiary/aromatic N) is 1. The van der Waals surface area contributed by atoms with Gasteiger partial charge in [0, 0.05) is 11.7 Å². The van der Waals surface area contributed by atoms with Crippen LogP contribution in [0, 0.1) is 0 Å². The Labute approximate surface area is 136 Å². The molecule has 2 rings (SSSR count). The highest BCUT2D eigenvalue weighted by molar-refractivity contribution is 5.89. The van der Waals surface area contributed by atoms with Gasteiger partial charge >= 0.3 is 18.4 Å². The van der Waals surface area contributed by atoms with Crippen LogP contribution in [0.15, 0.2) is 24.3 Å². The molecule has 6 nitrogen and oxygen atoms in total. The van der Waals surface area contributed by atoms with Crippen LogP contribution < -0.4 is 10.2 Å². The minimum Gasteiger partial charge on any atom is -0.446 e. The fourth-order valence-electron chi connectivity index (χ4n) is 2.12. The lowest BCUT2D eigenvalue weighted by molar-refractivity contribution is -0.137. The van der Waals surface area contributed by atoms with E-state index in [-0.39, 0.29) is 24.9 Å². The fourth-order valence-corrected chi connectivity index (χ4v) is 2.12. The van der Waals surface area contributed by atoms with Crippen molar-refractivity contribution in [2.75, 3.05) is 18.1 Å². The summed E-state index contributed by atoms with van der Waals surface area (Å²) >= 11 is 0. The number of ether oxygens (including phenoxy) is 2. The molecule has 9 heteroatoms. The van der Waals surface area contributed by atoms with Gasteiger partial charge in [0.15, 0.2) is 6.10 Å². The van der Waals surface area contributed by atoms with Gasteiger partial charge in [0.05, 0.1) is 12.1 Å². The molecule has 0 bridgehead atoms. The van der Waals surface area contributed by atoms with Crippen molar-refractivity contribution < 1.29 is 32.2 Å². The van der Waals surface area contributed by atoms with Gasteiger partial charge in [-0.15, -0.1) is 0 Å². The molecule has 0 radical (unpaired) electrons. The van der Waals surface area contributed by atoms with Crippen LogP contribution in [-0.2, 0) is 15.7 Å². The van der Waals surface area contributed by atoms with Crippen LogP contribution in [0.25, 0.3) is 0 Å². The zero-order chi connectivity index (χ0) is 17.9. The molecular weight excluding hydrogens is 329 g/mol. The first-order valence-corrected chi connectivity index (χ1v) is 7.25. The highest BCUT2D eigenvalue weighted by atomic mass is 19.4. The molecule has 132 valence electrons. The number of amides is 2. The van der Waals surface area contributed by atoms with Gasteiger partial charge < -0.3 is 14.8 Å². The number of alkyl carbamates (subject to hydrolysis) is 1. The molecule has 1 atom stereocenters. The lowest BCUT2D eigenvalue weighted by atomic mass is 10.2. The molecular formula is C15H17F3N2O4. The molecule has 1 aromatic rings. The lowest BCUT2D eigenvalue weighted by Gasteiger charge is -2.15. The minimum atomic E-state index is -4.50. The first-order chi connectivity index (χ1) is 11.2. The van der Waals surface area contributed by atoms with Crippen molar-refractivity contribution in [3.63, 3.8) is 0 Å². The predicted octanol–water partition coefficient (Wildman–Crippen LogP) is 3.17. The van der Waals surface area contributed by atoms with Gasteiger partial charge in [0.2, 0.25) is 0 Å². The Morgan fingerprint density at radius 1 is 1.46 bits per heavy atom. The Morgan fingerprint density at radius 3 is 2.79 bits per heavy atom. The maximum Gasteiger partial charge on any atom is 0.416 e. The molecule has 1 N–H and O–H groups in total. The number of benzene rings is 1. The molecule has 1 aliphatic rings. The van der Waals surface area contributed by atoms with Crippen molar-refractivity contribution >= 4 is 17.9 Å². The SMILES string of the molecule is CC(C)NC(=O)OCC1CN(c2cccc(C(F)(F)F)c2)C(=O)O1. The molecule has 24 heavy (non-hydrogen) atoms. The van der Waals surface area contributed by atoms with Crippen LogP contribution in [0.3, 0.4) is 0 Å². The van der Waals surface area contributed by atoms with E-state index in [0.717, 1.165) is 17.0 Å². The highest BCUT2D eigenvalue weighted by Gasteiger charge is 2.35. The van der Waals surface area contributed by atoms with Gasteiger partial charge in [-0.3, -0.25) is 4.90 Å². The molecule has 2 amide bonds. The third-order valence-electron chi connectivity index (χ3n) is 3.17. The van der Waals surface area contributed by atoms with Crippen molar-refractivity contribution in [1.29, 1.82) is 0 Å². The van der Waals surface area contributed by atoms with Crippen LogP contribution in [0.2, 0.25) is 0 Å². The fraction of sp³-hybridized carbons (Fsp3) is 0.467. The second-order valence-corrected chi connectivity index (χ2v) is 5.56. The average molecular weight is 346 g/mol. The molecule has 0 aromatic heterocycles. The summed E-state index contributed by atoms with van der Waals surface area (Å²) < 4.78 is 48.2. The summed E-state index contributed by atoms with van der Waals surface area (Å²) in [7, 11) is 0. The van der Waals surface area contributed by atoms with E-state index in [0.29, 0.717) is 0 Å². The summed E-state index contributed by atoms with van der Waals surface area (Å²) in [6, 6.07) is 4.28. The number of halogens is 3. The monoisotopic (exact) mass is 346 g/mol. The number of hydrogen-bond donors (Lipinski definition) is 1. The van der Waals surface area contributed by atoms with E-state index in [2.05, 4.69) is 5.32 Å². The average Bonchev–Trinajstić information content (AvgIpc) is 2.85. The van der Waals surface area contributed by atoms with E-state index in [1.807, 2.05) is 0 Å². The summed E-state index contributed by atoms with van der Waals surface area (Å²) in [4.78, 5) is 24.3. The molecule has 0 aliphatic carbocycles. The Balaban J connectivity index is 1.99. The Morgan fingerprint density at radius 2 is 2.17 bits per heavy atom. The maximum atomic E-state index is 12.7. The predicted molar refractivity (Wildman–Crippen MR) is 78.7 cm³/mol. The van der Waals surface area contributed by atoms with Crippen LogP contribution >= 0.6 is 0 Å². The van der Waals surface area contributed by atoms with Crippen molar-refractivity contribution in [2.45, 2.75) is 32.2 Å². The third kappa shape index (κ3) is 4.53. The summed E-state index contributed by atoms with van der Waals surface area (Å²) in [6.45, 7) is 3.33. The second kappa shape index (κ2) is 6.98. The van der Waals surface area contributed by atoms with Crippen molar-refractivity contribution in [2.24, 2.45) is 0 Å². The number of carbonyl (C=O) groups excluding carboxylic acids is 2. The molecule has 1 fully saturated rings. The van der Waals surface area contributed by atoms with E-state index in [1.165, 1.54) is 12.1 Å². The van der Waals surface area contributed by atoms with Gasteiger partial charge in [-0.2, -0.15) is 13.2 Å². The number of anilines is 1. The number of hydrogen-bond acceptors (Lipinski definition) is 4. The third-order valence-corrected chi connectivity index (χ3v) is 3.17. The number of alkyl halides is 3. The first kappa shape index (κ1) is 17.9. The normalized spacial score (nSPS) is 17.8. The molecule has 1 saturated heterocycles. The highest BCUT2D eigenvalue weighted by Crippen LogP contribution is 2.32. The Bertz CT molecular complexity index is 619. The first-order valence-electron chi connectivity index (χ1n) is 7.25. The van der Waals surface area contributed by atoms with Gasteiger partial charge in [0.25, 0.3) is 0 Å². The second-order valence-electron chi connectivity index (χ2n) is 5.56. The standard InChI is InChI=1S/C15H17F3N2O4/c1-9(2)19-13(21)23-8-12-7-20(14(22)24-12)11-5-3-4-10(6-11)15(16,17)18/h3-6,9,12H,7-8H2,1-2H3,(H,19,21). The van der Waals surface area contributed by atoms with E-state index in [1.54, 1.807) is 13.8 Å². The van der Waals surface area contributed by atoms with Gasteiger partial charge in [-0.25, -0.2) is 9.59 Å². The maximum absolute atomic E-state index is 12.7. The molecule has 1 heterocycles. The molecule has 0 spiro atoms. The molecule has 0 saturated carbocycles. The molecule has 1 aromatic carbocycles. The van der Waals surface area contributed by atoms with E-state index in [4.69, 9.17) is 9.47 Å². The molecule has 1 aliphatic heterocycles. The van der Waals surface area contributed by atoms with E-state index < -0.39 is 30.0 Å². The number of rotatable bonds is 4. The van der Waals surface area contributed by atoms with Crippen molar-refractivity contribution in [3.8, 4) is 0 Å². The summed E-state index contributed by atoms with van der Waals surface area (Å²) in [5, 5.41) is 2.50. The number of cyclic esters (lactones) is 1. The zero-order valence-corrected chi connectivity index (χ0v) is 13.1. The number of carbonyl (C=O) groups is 2. The molecule has 1 unspecified atom stereocenters. The number of nitrogens with one attached hydrogen (secondary N) is 1. The minimum absolute atomic E-state index is 0.00486.